The third-order valence-corrected chi connectivity index (χ3v) is 4.86. The van der Waals surface area contributed by atoms with Crippen molar-refractivity contribution in [3.8, 4) is 0 Å². The number of hydrogen-bond donors (Lipinski definition) is 1. The van der Waals surface area contributed by atoms with Gasteiger partial charge in [-0.1, -0.05) is 32.1 Å². The van der Waals surface area contributed by atoms with Gasteiger partial charge in [-0.2, -0.15) is 0 Å². The molecule has 1 atom stereocenters. The van der Waals surface area contributed by atoms with Gasteiger partial charge in [0.05, 0.1) is 0 Å². The van der Waals surface area contributed by atoms with Crippen molar-refractivity contribution in [1.82, 2.24) is 4.90 Å². The van der Waals surface area contributed by atoms with E-state index in [4.69, 9.17) is 5.73 Å². The standard InChI is InChI=1S/C14H28N2/c1-16(13-9-6-10-13)14(11-15)12-7-4-2-3-5-8-12/h12-14H,2-11,15H2,1H3. The van der Waals surface area contributed by atoms with Crippen LogP contribution >= 0.6 is 0 Å². The summed E-state index contributed by atoms with van der Waals surface area (Å²) in [7, 11) is 2.31. The summed E-state index contributed by atoms with van der Waals surface area (Å²) in [6, 6.07) is 1.50. The van der Waals surface area contributed by atoms with Crippen molar-refractivity contribution in [3.63, 3.8) is 0 Å². The Hall–Kier alpha value is -0.0800. The molecule has 0 amide bonds. The highest BCUT2D eigenvalue weighted by molar-refractivity contribution is 4.87. The third-order valence-electron chi connectivity index (χ3n) is 4.86. The molecule has 2 heteroatoms. The lowest BCUT2D eigenvalue weighted by Crippen LogP contribution is -2.50. The minimum atomic E-state index is 0.656. The van der Waals surface area contributed by atoms with E-state index in [2.05, 4.69) is 11.9 Å². The van der Waals surface area contributed by atoms with E-state index in [1.165, 1.54) is 57.8 Å². The highest BCUT2D eigenvalue weighted by Gasteiger charge is 2.31. The van der Waals surface area contributed by atoms with Crippen molar-refractivity contribution in [2.75, 3.05) is 13.6 Å². The minimum absolute atomic E-state index is 0.656. The summed E-state index contributed by atoms with van der Waals surface area (Å²) in [4.78, 5) is 2.61. The lowest BCUT2D eigenvalue weighted by Gasteiger charge is -2.42. The molecule has 2 saturated carbocycles. The fourth-order valence-corrected chi connectivity index (χ4v) is 3.45. The summed E-state index contributed by atoms with van der Waals surface area (Å²) in [5, 5.41) is 0. The average Bonchev–Trinajstić information content (AvgIpc) is 2.45. The Balaban J connectivity index is 1.90. The van der Waals surface area contributed by atoms with Crippen LogP contribution in [0.15, 0.2) is 0 Å². The van der Waals surface area contributed by atoms with Gasteiger partial charge in [-0.3, -0.25) is 4.90 Å². The van der Waals surface area contributed by atoms with Crippen molar-refractivity contribution >= 4 is 0 Å². The van der Waals surface area contributed by atoms with Gasteiger partial charge in [0, 0.05) is 18.6 Å². The predicted molar refractivity (Wildman–Crippen MR) is 69.4 cm³/mol. The molecule has 0 heterocycles. The highest BCUT2D eigenvalue weighted by atomic mass is 15.2. The topological polar surface area (TPSA) is 29.3 Å². The molecule has 0 aliphatic heterocycles. The summed E-state index contributed by atoms with van der Waals surface area (Å²) in [5.41, 5.74) is 6.03. The SMILES string of the molecule is CN(C1CCC1)C(CN)C1CCCCCC1. The van der Waals surface area contributed by atoms with Gasteiger partial charge in [0.1, 0.15) is 0 Å². The molecule has 0 bridgehead atoms. The first-order chi connectivity index (χ1) is 7.83. The second kappa shape index (κ2) is 6.02. The molecular weight excluding hydrogens is 196 g/mol. The van der Waals surface area contributed by atoms with Crippen LogP contribution in [-0.4, -0.2) is 30.6 Å². The van der Waals surface area contributed by atoms with Gasteiger partial charge < -0.3 is 5.73 Å². The molecule has 94 valence electrons. The van der Waals surface area contributed by atoms with E-state index in [0.717, 1.165) is 18.5 Å². The molecular formula is C14H28N2. The molecule has 0 spiro atoms. The summed E-state index contributed by atoms with van der Waals surface area (Å²) >= 11 is 0. The van der Waals surface area contributed by atoms with Crippen molar-refractivity contribution in [3.05, 3.63) is 0 Å². The van der Waals surface area contributed by atoms with E-state index >= 15 is 0 Å². The number of rotatable bonds is 4. The van der Waals surface area contributed by atoms with Gasteiger partial charge in [-0.25, -0.2) is 0 Å². The van der Waals surface area contributed by atoms with Crippen LogP contribution in [0, 0.1) is 5.92 Å². The Bertz CT molecular complexity index is 193. The predicted octanol–water partition coefficient (Wildman–Crippen LogP) is 2.77. The quantitative estimate of drug-likeness (QED) is 0.744. The van der Waals surface area contributed by atoms with Crippen LogP contribution in [0.2, 0.25) is 0 Å². The summed E-state index contributed by atoms with van der Waals surface area (Å²) in [5.74, 6) is 0.873. The highest BCUT2D eigenvalue weighted by Crippen LogP contribution is 2.32. The third kappa shape index (κ3) is 2.78. The number of hydrogen-bond acceptors (Lipinski definition) is 2. The Morgan fingerprint density at radius 2 is 1.62 bits per heavy atom. The Morgan fingerprint density at radius 3 is 2.06 bits per heavy atom. The lowest BCUT2D eigenvalue weighted by atomic mass is 9.85. The van der Waals surface area contributed by atoms with Crippen molar-refractivity contribution < 1.29 is 0 Å². The van der Waals surface area contributed by atoms with Crippen LogP contribution in [0.25, 0.3) is 0 Å². The fraction of sp³-hybridized carbons (Fsp3) is 1.00. The molecule has 0 radical (unpaired) electrons. The van der Waals surface area contributed by atoms with Crippen LogP contribution in [-0.2, 0) is 0 Å². The van der Waals surface area contributed by atoms with Crippen molar-refractivity contribution in [2.24, 2.45) is 11.7 Å². The number of likely N-dealkylation sites (N-methyl/N-ethyl adjacent to an activating group) is 1. The molecule has 2 rings (SSSR count). The molecule has 16 heavy (non-hydrogen) atoms. The maximum absolute atomic E-state index is 6.03. The summed E-state index contributed by atoms with van der Waals surface area (Å²) < 4.78 is 0. The van der Waals surface area contributed by atoms with Crippen LogP contribution in [0.3, 0.4) is 0 Å². The molecule has 0 aromatic heterocycles. The monoisotopic (exact) mass is 224 g/mol. The van der Waals surface area contributed by atoms with Crippen molar-refractivity contribution in [1.29, 1.82) is 0 Å². The Labute approximate surface area is 101 Å². The lowest BCUT2D eigenvalue weighted by molar-refractivity contribution is 0.0748. The number of nitrogens with zero attached hydrogens (tertiary/aromatic N) is 1. The zero-order valence-electron chi connectivity index (χ0n) is 10.8. The zero-order valence-corrected chi connectivity index (χ0v) is 10.8. The second-order valence-corrected chi connectivity index (χ2v) is 5.80. The van der Waals surface area contributed by atoms with Gasteiger partial charge in [-0.05, 0) is 38.6 Å². The van der Waals surface area contributed by atoms with E-state index in [1.807, 2.05) is 0 Å². The van der Waals surface area contributed by atoms with Crippen LogP contribution < -0.4 is 5.73 Å². The molecule has 0 saturated heterocycles. The van der Waals surface area contributed by atoms with E-state index in [1.54, 1.807) is 0 Å². The Kier molecular flexibility index (Phi) is 4.66. The van der Waals surface area contributed by atoms with Gasteiger partial charge >= 0.3 is 0 Å². The molecule has 2 aliphatic rings. The first-order valence-corrected chi connectivity index (χ1v) is 7.25. The smallest absolute Gasteiger partial charge is 0.0246 e. The first-order valence-electron chi connectivity index (χ1n) is 7.25. The van der Waals surface area contributed by atoms with Crippen LogP contribution in [0.5, 0.6) is 0 Å². The van der Waals surface area contributed by atoms with Gasteiger partial charge in [-0.15, -0.1) is 0 Å². The molecule has 2 aliphatic carbocycles. The van der Waals surface area contributed by atoms with Crippen molar-refractivity contribution in [2.45, 2.75) is 69.9 Å². The summed E-state index contributed by atoms with van der Waals surface area (Å²) in [6.07, 6.45) is 12.8. The molecule has 0 aromatic carbocycles. The second-order valence-electron chi connectivity index (χ2n) is 5.80. The molecule has 2 N–H and O–H groups in total. The first kappa shape index (κ1) is 12.4. The molecule has 2 fully saturated rings. The largest absolute Gasteiger partial charge is 0.329 e. The van der Waals surface area contributed by atoms with Gasteiger partial charge in [0.15, 0.2) is 0 Å². The molecule has 0 aromatic rings. The van der Waals surface area contributed by atoms with E-state index in [0.29, 0.717) is 6.04 Å². The van der Waals surface area contributed by atoms with Gasteiger partial charge in [0.25, 0.3) is 0 Å². The van der Waals surface area contributed by atoms with E-state index < -0.39 is 0 Å². The zero-order chi connectivity index (χ0) is 11.4. The maximum atomic E-state index is 6.03. The molecule has 1 unspecified atom stereocenters. The normalized spacial score (nSPS) is 26.4. The number of nitrogens with two attached hydrogens (primary N) is 1. The fourth-order valence-electron chi connectivity index (χ4n) is 3.45. The minimum Gasteiger partial charge on any atom is -0.329 e. The Morgan fingerprint density at radius 1 is 1.00 bits per heavy atom. The average molecular weight is 224 g/mol. The van der Waals surface area contributed by atoms with Crippen LogP contribution in [0.4, 0.5) is 0 Å². The van der Waals surface area contributed by atoms with E-state index in [-0.39, 0.29) is 0 Å². The van der Waals surface area contributed by atoms with Crippen LogP contribution in [0.1, 0.15) is 57.8 Å². The molecule has 2 nitrogen and oxygen atoms in total. The van der Waals surface area contributed by atoms with Gasteiger partial charge in [0.2, 0.25) is 0 Å². The maximum Gasteiger partial charge on any atom is 0.0246 e. The van der Waals surface area contributed by atoms with E-state index in [9.17, 15) is 0 Å². The summed E-state index contributed by atoms with van der Waals surface area (Å²) in [6.45, 7) is 0.859.